The zero-order chi connectivity index (χ0) is 12.3. The largest absolute Gasteiger partial charge is 0.339 e. The Hall–Kier alpha value is -1.24. The predicted molar refractivity (Wildman–Crippen MR) is 59.1 cm³/mol. The Bertz CT molecular complexity index is 480. The summed E-state index contributed by atoms with van der Waals surface area (Å²) in [4.78, 5) is 14.3. The van der Waals surface area contributed by atoms with Crippen LogP contribution in [0.1, 0.15) is 24.6 Å². The van der Waals surface area contributed by atoms with Crippen molar-refractivity contribution in [3.8, 4) is 0 Å². The monoisotopic (exact) mass is 258 g/mol. The van der Waals surface area contributed by atoms with Crippen molar-refractivity contribution in [2.24, 2.45) is 5.92 Å². The van der Waals surface area contributed by atoms with E-state index < -0.39 is 9.84 Å². The molecule has 1 aromatic heterocycles. The van der Waals surface area contributed by atoms with Gasteiger partial charge in [0.2, 0.25) is 5.89 Å². The molecular weight excluding hydrogens is 244 g/mol. The van der Waals surface area contributed by atoms with Gasteiger partial charge < -0.3 is 9.32 Å². The van der Waals surface area contributed by atoms with E-state index in [1.54, 1.807) is 0 Å². The second-order valence-electron chi connectivity index (χ2n) is 4.27. The Labute approximate surface area is 99.3 Å². The Morgan fingerprint density at radius 1 is 1.35 bits per heavy atom. The average molecular weight is 258 g/mol. The molecule has 1 fully saturated rings. The molecule has 0 atom stereocenters. The van der Waals surface area contributed by atoms with Crippen LogP contribution in [0.15, 0.2) is 4.52 Å². The minimum absolute atomic E-state index is 0.155. The quantitative estimate of drug-likeness (QED) is 0.715. The van der Waals surface area contributed by atoms with E-state index in [4.69, 9.17) is 4.52 Å². The van der Waals surface area contributed by atoms with E-state index in [0.29, 0.717) is 31.0 Å². The van der Waals surface area contributed by atoms with Crippen molar-refractivity contribution >= 4 is 16.1 Å². The molecule has 0 spiro atoms. The zero-order valence-electron chi connectivity index (χ0n) is 9.33. The molecule has 6 nitrogen and oxygen atoms in total. The van der Waals surface area contributed by atoms with Crippen LogP contribution in [0.2, 0.25) is 0 Å². The summed E-state index contributed by atoms with van der Waals surface area (Å²) in [5, 5.41) is 3.66. The normalized spacial score (nSPS) is 20.2. The lowest BCUT2D eigenvalue weighted by atomic mass is 9.99. The smallest absolute Gasteiger partial charge is 0.226 e. The third kappa shape index (κ3) is 3.36. The van der Waals surface area contributed by atoms with Crippen LogP contribution in [-0.4, -0.2) is 36.4 Å². The van der Waals surface area contributed by atoms with E-state index in [2.05, 4.69) is 10.1 Å². The molecule has 94 valence electrons. The summed E-state index contributed by atoms with van der Waals surface area (Å²) in [5.41, 5.74) is 0. The van der Waals surface area contributed by atoms with Crippen LogP contribution in [0.5, 0.6) is 0 Å². The van der Waals surface area contributed by atoms with E-state index >= 15 is 0 Å². The topological polar surface area (TPSA) is 90.1 Å². The van der Waals surface area contributed by atoms with Gasteiger partial charge in [-0.1, -0.05) is 5.16 Å². The first kappa shape index (κ1) is 12.2. The lowest BCUT2D eigenvalue weighted by molar-refractivity contribution is -0.107. The molecule has 1 saturated heterocycles. The van der Waals surface area contributed by atoms with Crippen LogP contribution in [0.25, 0.3) is 0 Å². The molecule has 0 aliphatic carbocycles. The third-order valence-electron chi connectivity index (χ3n) is 2.91. The first-order valence-corrected chi connectivity index (χ1v) is 7.37. The van der Waals surface area contributed by atoms with Gasteiger partial charge in [0, 0.05) is 6.42 Å². The summed E-state index contributed by atoms with van der Waals surface area (Å²) in [6.07, 6.45) is 2.77. The lowest BCUT2D eigenvalue weighted by Gasteiger charge is -2.19. The average Bonchev–Trinajstić information content (AvgIpc) is 2.70. The summed E-state index contributed by atoms with van der Waals surface area (Å²) < 4.78 is 27.5. The molecule has 1 aromatic rings. The summed E-state index contributed by atoms with van der Waals surface area (Å²) in [6, 6.07) is 0. The third-order valence-corrected chi connectivity index (χ3v) is 4.63. The molecule has 7 heteroatoms. The van der Waals surface area contributed by atoms with E-state index in [1.165, 1.54) is 0 Å². The minimum atomic E-state index is -2.82. The van der Waals surface area contributed by atoms with Crippen LogP contribution in [0.3, 0.4) is 0 Å². The van der Waals surface area contributed by atoms with Crippen LogP contribution < -0.4 is 0 Å². The van der Waals surface area contributed by atoms with Crippen LogP contribution in [0.4, 0.5) is 0 Å². The predicted octanol–water partition coefficient (Wildman–Crippen LogP) is 0.178. The van der Waals surface area contributed by atoms with Crippen molar-refractivity contribution in [2.45, 2.75) is 25.7 Å². The fraction of sp³-hybridized carbons (Fsp3) is 0.700. The van der Waals surface area contributed by atoms with Gasteiger partial charge in [-0.2, -0.15) is 4.98 Å². The van der Waals surface area contributed by atoms with Crippen LogP contribution >= 0.6 is 0 Å². The highest BCUT2D eigenvalue weighted by atomic mass is 32.2. The number of aldehydes is 1. The van der Waals surface area contributed by atoms with Crippen molar-refractivity contribution in [3.63, 3.8) is 0 Å². The lowest BCUT2D eigenvalue weighted by Crippen LogP contribution is -2.24. The molecule has 0 bridgehead atoms. The molecular formula is C10H14N2O4S. The van der Waals surface area contributed by atoms with Crippen molar-refractivity contribution in [1.29, 1.82) is 0 Å². The highest BCUT2D eigenvalue weighted by Crippen LogP contribution is 2.22. The molecule has 2 heterocycles. The minimum Gasteiger partial charge on any atom is -0.339 e. The highest BCUT2D eigenvalue weighted by Gasteiger charge is 2.25. The number of carbonyl (C=O) groups excluding carboxylic acids is 1. The Morgan fingerprint density at radius 2 is 2.06 bits per heavy atom. The maximum absolute atomic E-state index is 11.2. The van der Waals surface area contributed by atoms with Crippen LogP contribution in [0, 0.1) is 5.92 Å². The van der Waals surface area contributed by atoms with Gasteiger partial charge in [0.05, 0.1) is 17.9 Å². The summed E-state index contributed by atoms with van der Waals surface area (Å²) in [5.74, 6) is 1.65. The molecule has 0 amide bonds. The van der Waals surface area contributed by atoms with E-state index in [-0.39, 0.29) is 23.8 Å². The summed E-state index contributed by atoms with van der Waals surface area (Å²) in [7, 11) is -2.82. The van der Waals surface area contributed by atoms with Gasteiger partial charge >= 0.3 is 0 Å². The standard InChI is InChI=1S/C10H14N2O4S/c13-4-1-9-11-10(16-12-9)7-8-2-5-17(14,15)6-3-8/h4,8H,1-3,5-7H2. The Balaban J connectivity index is 1.90. The highest BCUT2D eigenvalue weighted by molar-refractivity contribution is 7.91. The second-order valence-corrected chi connectivity index (χ2v) is 6.58. The molecule has 0 aromatic carbocycles. The van der Waals surface area contributed by atoms with Gasteiger partial charge in [0.1, 0.15) is 16.1 Å². The van der Waals surface area contributed by atoms with E-state index in [9.17, 15) is 13.2 Å². The number of sulfone groups is 1. The molecule has 2 rings (SSSR count). The van der Waals surface area contributed by atoms with Crippen LogP contribution in [-0.2, 0) is 27.5 Å². The van der Waals surface area contributed by atoms with E-state index in [0.717, 1.165) is 6.29 Å². The number of rotatable bonds is 4. The fourth-order valence-electron chi connectivity index (χ4n) is 1.92. The first-order valence-electron chi connectivity index (χ1n) is 5.54. The number of carbonyl (C=O) groups is 1. The fourth-order valence-corrected chi connectivity index (χ4v) is 3.51. The number of hydrogen-bond acceptors (Lipinski definition) is 6. The molecule has 1 aliphatic rings. The Morgan fingerprint density at radius 3 is 2.71 bits per heavy atom. The number of aromatic nitrogens is 2. The maximum Gasteiger partial charge on any atom is 0.226 e. The van der Waals surface area contributed by atoms with Gasteiger partial charge in [-0.05, 0) is 18.8 Å². The second kappa shape index (κ2) is 4.95. The van der Waals surface area contributed by atoms with Gasteiger partial charge in [-0.15, -0.1) is 0 Å². The van der Waals surface area contributed by atoms with Gasteiger partial charge in [-0.3, -0.25) is 0 Å². The first-order chi connectivity index (χ1) is 8.09. The van der Waals surface area contributed by atoms with Gasteiger partial charge in [-0.25, -0.2) is 8.42 Å². The molecule has 0 N–H and O–H groups in total. The van der Waals surface area contributed by atoms with Crippen molar-refractivity contribution in [1.82, 2.24) is 10.1 Å². The van der Waals surface area contributed by atoms with Crippen molar-refractivity contribution in [2.75, 3.05) is 11.5 Å². The summed E-state index contributed by atoms with van der Waals surface area (Å²) in [6.45, 7) is 0. The zero-order valence-corrected chi connectivity index (χ0v) is 10.1. The molecule has 0 saturated carbocycles. The van der Waals surface area contributed by atoms with Gasteiger partial charge in [0.25, 0.3) is 0 Å². The molecule has 1 aliphatic heterocycles. The Kier molecular flexibility index (Phi) is 3.56. The molecule has 0 radical (unpaired) electrons. The van der Waals surface area contributed by atoms with Crippen molar-refractivity contribution in [3.05, 3.63) is 11.7 Å². The number of hydrogen-bond donors (Lipinski definition) is 0. The van der Waals surface area contributed by atoms with Gasteiger partial charge in [0.15, 0.2) is 5.82 Å². The maximum atomic E-state index is 11.2. The van der Waals surface area contributed by atoms with E-state index in [1.807, 2.05) is 0 Å². The number of nitrogens with zero attached hydrogens (tertiary/aromatic N) is 2. The van der Waals surface area contributed by atoms with Crippen molar-refractivity contribution < 1.29 is 17.7 Å². The molecule has 17 heavy (non-hydrogen) atoms. The SMILES string of the molecule is O=CCc1noc(CC2CCS(=O)(=O)CC2)n1. The molecule has 0 unspecified atom stereocenters. The summed E-state index contributed by atoms with van der Waals surface area (Å²) >= 11 is 0.